The molecule has 0 spiro atoms. The Bertz CT molecular complexity index is 1090. The molecule has 2 aromatic carbocycles. The van der Waals surface area contributed by atoms with Crippen molar-refractivity contribution in [1.82, 2.24) is 5.32 Å². The molecule has 32 heavy (non-hydrogen) atoms. The molecule has 0 aliphatic heterocycles. The van der Waals surface area contributed by atoms with Crippen molar-refractivity contribution >= 4 is 84.2 Å². The smallest absolute Gasteiger partial charge is 0.253 e. The van der Waals surface area contributed by atoms with E-state index in [-0.39, 0.29) is 10.6 Å². The topological polar surface area (TPSA) is 58.2 Å². The van der Waals surface area contributed by atoms with E-state index in [1.54, 1.807) is 0 Å². The SMILES string of the molecule is O=C(NC1CC(F)(F)C1)c1cc(NC(=O)[C@H]2[C@H](c3cc(Br)cc(Br)c3)C2(Cl)Cl)ccc1Cl. The van der Waals surface area contributed by atoms with E-state index in [2.05, 4.69) is 42.5 Å². The number of carbonyl (C=O) groups is 2. The summed E-state index contributed by atoms with van der Waals surface area (Å²) in [5, 5.41) is 5.38. The van der Waals surface area contributed by atoms with Gasteiger partial charge in [0.2, 0.25) is 5.91 Å². The van der Waals surface area contributed by atoms with E-state index in [1.165, 1.54) is 18.2 Å². The van der Waals surface area contributed by atoms with E-state index in [0.717, 1.165) is 14.5 Å². The van der Waals surface area contributed by atoms with Crippen molar-refractivity contribution in [2.75, 3.05) is 5.32 Å². The van der Waals surface area contributed by atoms with Crippen LogP contribution in [0.2, 0.25) is 5.02 Å². The summed E-state index contributed by atoms with van der Waals surface area (Å²) >= 11 is 25.7. The van der Waals surface area contributed by atoms with Crippen molar-refractivity contribution in [1.29, 1.82) is 0 Å². The number of hydrogen-bond donors (Lipinski definition) is 2. The molecule has 2 saturated carbocycles. The average molecular weight is 632 g/mol. The Morgan fingerprint density at radius 1 is 1.03 bits per heavy atom. The van der Waals surface area contributed by atoms with Gasteiger partial charge in [0, 0.05) is 39.4 Å². The van der Waals surface area contributed by atoms with Crippen molar-refractivity contribution in [3.63, 3.8) is 0 Å². The molecule has 2 aromatic rings. The van der Waals surface area contributed by atoms with Crippen molar-refractivity contribution in [3.8, 4) is 0 Å². The van der Waals surface area contributed by atoms with E-state index in [4.69, 9.17) is 34.8 Å². The standard InChI is InChI=1S/C21H15Br2Cl3F2N2O2/c22-10-3-9(4-11(23)5-10)16-17(21(16,25)26)19(32)29-12-1-2-15(24)14(6-12)18(31)30-13-7-20(27,28)8-13/h1-6,13,16-17H,7-8H2,(H,29,32)(H,30,31)/t16-,17+/m0/s1. The van der Waals surface area contributed by atoms with Crippen LogP contribution in [0.4, 0.5) is 14.5 Å². The molecule has 2 fully saturated rings. The molecule has 2 N–H and O–H groups in total. The quantitative estimate of drug-likeness (QED) is 0.352. The minimum absolute atomic E-state index is 0.0750. The van der Waals surface area contributed by atoms with Gasteiger partial charge in [-0.25, -0.2) is 8.78 Å². The van der Waals surface area contributed by atoms with Crippen LogP contribution in [0.5, 0.6) is 0 Å². The normalized spacial score (nSPS) is 23.2. The van der Waals surface area contributed by atoms with Crippen LogP contribution in [0.25, 0.3) is 0 Å². The molecule has 170 valence electrons. The lowest BCUT2D eigenvalue weighted by molar-refractivity contribution is -0.117. The molecular formula is C21H15Br2Cl3F2N2O2. The zero-order chi connectivity index (χ0) is 23.4. The summed E-state index contributed by atoms with van der Waals surface area (Å²) in [6.07, 6.45) is -0.815. The first-order valence-electron chi connectivity index (χ1n) is 9.50. The summed E-state index contributed by atoms with van der Waals surface area (Å²) in [5.74, 6) is -4.88. The Morgan fingerprint density at radius 3 is 2.25 bits per heavy atom. The predicted molar refractivity (Wildman–Crippen MR) is 128 cm³/mol. The Kier molecular flexibility index (Phi) is 6.57. The van der Waals surface area contributed by atoms with Crippen LogP contribution in [0, 0.1) is 5.92 Å². The van der Waals surface area contributed by atoms with E-state index >= 15 is 0 Å². The monoisotopic (exact) mass is 628 g/mol. The van der Waals surface area contributed by atoms with Gasteiger partial charge in [-0.05, 0) is 42.0 Å². The summed E-state index contributed by atoms with van der Waals surface area (Å²) in [6, 6.07) is 9.31. The molecule has 0 bridgehead atoms. The van der Waals surface area contributed by atoms with E-state index in [0.29, 0.717) is 5.69 Å². The number of anilines is 1. The van der Waals surface area contributed by atoms with E-state index in [9.17, 15) is 18.4 Å². The summed E-state index contributed by atoms with van der Waals surface area (Å²) in [4.78, 5) is 25.4. The van der Waals surface area contributed by atoms with Gasteiger partial charge in [0.1, 0.15) is 4.33 Å². The zero-order valence-corrected chi connectivity index (χ0v) is 21.5. The van der Waals surface area contributed by atoms with E-state index in [1.807, 2.05) is 18.2 Å². The second kappa shape index (κ2) is 8.69. The number of benzene rings is 2. The lowest BCUT2D eigenvalue weighted by Crippen LogP contribution is -2.50. The maximum atomic E-state index is 13.0. The number of rotatable bonds is 5. The second-order valence-corrected chi connectivity index (χ2v) is 11.6. The molecule has 4 nitrogen and oxygen atoms in total. The van der Waals surface area contributed by atoms with Gasteiger partial charge in [-0.1, -0.05) is 43.5 Å². The highest BCUT2D eigenvalue weighted by Gasteiger charge is 2.67. The maximum Gasteiger partial charge on any atom is 0.253 e. The van der Waals surface area contributed by atoms with Crippen LogP contribution in [-0.2, 0) is 4.79 Å². The molecule has 2 aliphatic rings. The number of hydrogen-bond acceptors (Lipinski definition) is 2. The lowest BCUT2D eigenvalue weighted by atomic mass is 9.88. The van der Waals surface area contributed by atoms with Crippen LogP contribution in [0.3, 0.4) is 0 Å². The molecule has 2 amide bonds. The lowest BCUT2D eigenvalue weighted by Gasteiger charge is -2.35. The highest BCUT2D eigenvalue weighted by molar-refractivity contribution is 9.11. The first-order valence-corrected chi connectivity index (χ1v) is 12.2. The van der Waals surface area contributed by atoms with Crippen molar-refractivity contribution < 1.29 is 18.4 Å². The molecule has 4 rings (SSSR count). The number of carbonyl (C=O) groups excluding carboxylic acids is 2. The number of nitrogens with one attached hydrogen (secondary N) is 2. The molecule has 0 heterocycles. The average Bonchev–Trinajstić information content (AvgIpc) is 3.23. The van der Waals surface area contributed by atoms with Gasteiger partial charge in [-0.3, -0.25) is 9.59 Å². The fourth-order valence-electron chi connectivity index (χ4n) is 3.85. The maximum absolute atomic E-state index is 13.0. The first-order chi connectivity index (χ1) is 14.9. The first kappa shape index (κ1) is 24.2. The Morgan fingerprint density at radius 2 is 1.66 bits per heavy atom. The number of alkyl halides is 4. The Hall–Kier alpha value is -0.930. The van der Waals surface area contributed by atoms with Crippen LogP contribution in [0.15, 0.2) is 45.3 Å². The fourth-order valence-corrected chi connectivity index (χ4v) is 6.21. The fraction of sp³-hybridized carbons (Fsp3) is 0.333. The number of amides is 2. The van der Waals surface area contributed by atoms with Gasteiger partial charge in [0.05, 0.1) is 16.5 Å². The number of halogens is 7. The molecule has 0 saturated heterocycles. The second-order valence-electron chi connectivity index (χ2n) is 7.95. The van der Waals surface area contributed by atoms with Gasteiger partial charge in [-0.15, -0.1) is 23.2 Å². The zero-order valence-electron chi connectivity index (χ0n) is 16.1. The summed E-state index contributed by atoms with van der Waals surface area (Å²) in [5.41, 5.74) is 1.18. The van der Waals surface area contributed by atoms with E-state index < -0.39 is 52.8 Å². The molecular weight excluding hydrogens is 616 g/mol. The van der Waals surface area contributed by atoms with Gasteiger partial charge in [0.15, 0.2) is 0 Å². The minimum Gasteiger partial charge on any atom is -0.349 e. The minimum atomic E-state index is -2.75. The third-order valence-corrected chi connectivity index (χ3v) is 7.67. The Labute approximate surface area is 214 Å². The largest absolute Gasteiger partial charge is 0.349 e. The Balaban J connectivity index is 1.46. The molecule has 0 aromatic heterocycles. The van der Waals surface area contributed by atoms with Crippen LogP contribution in [0.1, 0.15) is 34.7 Å². The van der Waals surface area contributed by atoms with Crippen LogP contribution in [-0.4, -0.2) is 28.1 Å². The molecule has 2 atom stereocenters. The molecule has 2 aliphatic carbocycles. The van der Waals surface area contributed by atoms with Crippen molar-refractivity contribution in [2.24, 2.45) is 5.92 Å². The third-order valence-electron chi connectivity index (χ3n) is 5.48. The van der Waals surface area contributed by atoms with Gasteiger partial charge >= 0.3 is 0 Å². The van der Waals surface area contributed by atoms with Crippen molar-refractivity contribution in [3.05, 3.63) is 61.5 Å². The van der Waals surface area contributed by atoms with Gasteiger partial charge in [-0.2, -0.15) is 0 Å². The summed E-state index contributed by atoms with van der Waals surface area (Å²) in [6.45, 7) is 0. The van der Waals surface area contributed by atoms with Crippen LogP contribution >= 0.6 is 66.7 Å². The summed E-state index contributed by atoms with van der Waals surface area (Å²) in [7, 11) is 0. The highest BCUT2D eigenvalue weighted by atomic mass is 79.9. The van der Waals surface area contributed by atoms with Gasteiger partial charge < -0.3 is 10.6 Å². The van der Waals surface area contributed by atoms with Crippen LogP contribution < -0.4 is 10.6 Å². The molecule has 11 heteroatoms. The molecule has 0 unspecified atom stereocenters. The van der Waals surface area contributed by atoms with Crippen molar-refractivity contribution in [2.45, 2.75) is 35.1 Å². The predicted octanol–water partition coefficient (Wildman–Crippen LogP) is 6.92. The summed E-state index contributed by atoms with van der Waals surface area (Å²) < 4.78 is 26.4. The van der Waals surface area contributed by atoms with Gasteiger partial charge in [0.25, 0.3) is 11.8 Å². The third kappa shape index (κ3) is 4.94. The molecule has 0 radical (unpaired) electrons. The highest BCUT2D eigenvalue weighted by Crippen LogP contribution is 2.65.